The zero-order valence-corrected chi connectivity index (χ0v) is 14.5. The van der Waals surface area contributed by atoms with E-state index in [-0.39, 0.29) is 18.4 Å². The van der Waals surface area contributed by atoms with E-state index < -0.39 is 0 Å². The average molecular weight is 330 g/mol. The Morgan fingerprint density at radius 3 is 2.62 bits per heavy atom. The number of nitrogens with zero attached hydrogens (tertiary/aromatic N) is 2. The summed E-state index contributed by atoms with van der Waals surface area (Å²) in [5.74, 6) is 0.669. The lowest BCUT2D eigenvalue weighted by molar-refractivity contribution is -0.121. The van der Waals surface area contributed by atoms with Gasteiger partial charge in [0.25, 0.3) is 0 Å². The van der Waals surface area contributed by atoms with E-state index in [1.54, 1.807) is 0 Å². The summed E-state index contributed by atoms with van der Waals surface area (Å²) >= 11 is 0. The second-order valence-corrected chi connectivity index (χ2v) is 5.83. The number of nitrogens with one attached hydrogen (secondary N) is 2. The lowest BCUT2D eigenvalue weighted by Crippen LogP contribution is -2.30. The minimum Gasteiger partial charge on any atom is -0.355 e. The molecule has 130 valence electrons. The van der Waals surface area contributed by atoms with Gasteiger partial charge in [0, 0.05) is 13.0 Å². The van der Waals surface area contributed by atoms with Crippen LogP contribution < -0.4 is 10.6 Å². The number of imidazole rings is 1. The van der Waals surface area contributed by atoms with Crippen LogP contribution in [0, 0.1) is 0 Å². The Labute approximate surface area is 142 Å². The summed E-state index contributed by atoms with van der Waals surface area (Å²) in [5, 5.41) is 5.80. The standard InChI is InChI=1S/C18H26N4O2/c1-3-5-11-19-18(24)13-22-15-10-7-6-9-14(15)21-16(22)12-20-17(23)8-4-2/h6-7,9-10H,3-5,8,11-13H2,1-2H3,(H,19,24)(H,20,23). The van der Waals surface area contributed by atoms with Crippen molar-refractivity contribution in [1.29, 1.82) is 0 Å². The molecule has 0 aliphatic rings. The molecule has 24 heavy (non-hydrogen) atoms. The molecule has 0 aliphatic carbocycles. The lowest BCUT2D eigenvalue weighted by atomic mass is 10.3. The third-order valence-corrected chi connectivity index (χ3v) is 3.81. The first kappa shape index (κ1) is 18.0. The van der Waals surface area contributed by atoms with Gasteiger partial charge in [-0.15, -0.1) is 0 Å². The summed E-state index contributed by atoms with van der Waals surface area (Å²) in [6.45, 7) is 5.28. The van der Waals surface area contributed by atoms with Gasteiger partial charge in [-0.3, -0.25) is 9.59 Å². The Bertz CT molecular complexity index is 693. The molecule has 6 heteroatoms. The summed E-state index contributed by atoms with van der Waals surface area (Å²) in [6, 6.07) is 7.70. The SMILES string of the molecule is CCCCNC(=O)Cn1c(CNC(=O)CCC)nc2ccccc21. The maximum absolute atomic E-state index is 12.2. The first-order chi connectivity index (χ1) is 11.7. The maximum atomic E-state index is 12.2. The molecule has 0 radical (unpaired) electrons. The number of amides is 2. The highest BCUT2D eigenvalue weighted by molar-refractivity contribution is 5.81. The normalized spacial score (nSPS) is 10.8. The number of hydrogen-bond acceptors (Lipinski definition) is 3. The molecule has 1 aromatic carbocycles. The van der Waals surface area contributed by atoms with Crippen molar-refractivity contribution in [2.24, 2.45) is 0 Å². The summed E-state index contributed by atoms with van der Waals surface area (Å²) in [7, 11) is 0. The molecule has 6 nitrogen and oxygen atoms in total. The van der Waals surface area contributed by atoms with E-state index in [1.165, 1.54) is 0 Å². The molecule has 0 saturated heterocycles. The highest BCUT2D eigenvalue weighted by atomic mass is 16.2. The molecule has 2 amide bonds. The zero-order valence-electron chi connectivity index (χ0n) is 14.5. The molecule has 0 atom stereocenters. The van der Waals surface area contributed by atoms with Gasteiger partial charge in [-0.05, 0) is 25.0 Å². The molecule has 0 saturated carbocycles. The highest BCUT2D eigenvalue weighted by Crippen LogP contribution is 2.16. The number of unbranched alkanes of at least 4 members (excludes halogenated alkanes) is 1. The first-order valence-electron chi connectivity index (χ1n) is 8.63. The number of aromatic nitrogens is 2. The van der Waals surface area contributed by atoms with E-state index in [1.807, 2.05) is 35.8 Å². The van der Waals surface area contributed by atoms with Crippen molar-refractivity contribution in [3.8, 4) is 0 Å². The van der Waals surface area contributed by atoms with Crippen LogP contribution in [0.3, 0.4) is 0 Å². The van der Waals surface area contributed by atoms with Crippen molar-refractivity contribution >= 4 is 22.8 Å². The highest BCUT2D eigenvalue weighted by Gasteiger charge is 2.14. The summed E-state index contributed by atoms with van der Waals surface area (Å²) in [6.07, 6.45) is 3.32. The van der Waals surface area contributed by atoms with E-state index in [2.05, 4.69) is 22.5 Å². The van der Waals surface area contributed by atoms with Crippen LogP contribution in [0.5, 0.6) is 0 Å². The molecule has 1 heterocycles. The summed E-state index contributed by atoms with van der Waals surface area (Å²) < 4.78 is 1.88. The topological polar surface area (TPSA) is 76.0 Å². The summed E-state index contributed by atoms with van der Waals surface area (Å²) in [5.41, 5.74) is 1.74. The third-order valence-electron chi connectivity index (χ3n) is 3.81. The predicted molar refractivity (Wildman–Crippen MR) is 94.4 cm³/mol. The van der Waals surface area contributed by atoms with E-state index in [0.717, 1.165) is 30.3 Å². The van der Waals surface area contributed by atoms with Gasteiger partial charge in [-0.2, -0.15) is 0 Å². The third kappa shape index (κ3) is 4.81. The van der Waals surface area contributed by atoms with Crippen molar-refractivity contribution in [2.75, 3.05) is 6.54 Å². The van der Waals surface area contributed by atoms with Crippen LogP contribution in [0.15, 0.2) is 24.3 Å². The van der Waals surface area contributed by atoms with Crippen LogP contribution in [0.4, 0.5) is 0 Å². The Balaban J connectivity index is 2.14. The van der Waals surface area contributed by atoms with Gasteiger partial charge in [0.15, 0.2) is 0 Å². The minimum absolute atomic E-state index is 0.00324. The quantitative estimate of drug-likeness (QED) is 0.693. The Morgan fingerprint density at radius 2 is 1.88 bits per heavy atom. The Morgan fingerprint density at radius 1 is 1.08 bits per heavy atom. The first-order valence-corrected chi connectivity index (χ1v) is 8.63. The van der Waals surface area contributed by atoms with Crippen LogP contribution in [-0.2, 0) is 22.7 Å². The molecule has 2 aromatic rings. The smallest absolute Gasteiger partial charge is 0.240 e. The van der Waals surface area contributed by atoms with Gasteiger partial charge in [0.2, 0.25) is 11.8 Å². The van der Waals surface area contributed by atoms with Crippen molar-refractivity contribution in [1.82, 2.24) is 20.2 Å². The van der Waals surface area contributed by atoms with E-state index in [4.69, 9.17) is 0 Å². The van der Waals surface area contributed by atoms with Crippen LogP contribution in [0.2, 0.25) is 0 Å². The number of carbonyl (C=O) groups excluding carboxylic acids is 2. The average Bonchev–Trinajstić information content (AvgIpc) is 2.91. The van der Waals surface area contributed by atoms with Crippen molar-refractivity contribution in [3.05, 3.63) is 30.1 Å². The zero-order chi connectivity index (χ0) is 17.4. The number of rotatable bonds is 9. The van der Waals surface area contributed by atoms with Crippen LogP contribution >= 0.6 is 0 Å². The molecular weight excluding hydrogens is 304 g/mol. The van der Waals surface area contributed by atoms with Crippen LogP contribution in [0.25, 0.3) is 11.0 Å². The lowest BCUT2D eigenvalue weighted by Gasteiger charge is -2.10. The predicted octanol–water partition coefficient (Wildman–Crippen LogP) is 2.37. The molecule has 0 bridgehead atoms. The molecule has 2 rings (SSSR count). The second kappa shape index (κ2) is 9.05. The molecule has 0 fully saturated rings. The fraction of sp³-hybridized carbons (Fsp3) is 0.500. The Kier molecular flexibility index (Phi) is 6.78. The van der Waals surface area contributed by atoms with Gasteiger partial charge < -0.3 is 15.2 Å². The number of hydrogen-bond donors (Lipinski definition) is 2. The van der Waals surface area contributed by atoms with Crippen LogP contribution in [-0.4, -0.2) is 27.9 Å². The van der Waals surface area contributed by atoms with Gasteiger partial charge >= 0.3 is 0 Å². The number of benzene rings is 1. The van der Waals surface area contributed by atoms with Crippen LogP contribution in [0.1, 0.15) is 45.4 Å². The molecule has 0 unspecified atom stereocenters. The van der Waals surface area contributed by atoms with Crippen molar-refractivity contribution in [3.63, 3.8) is 0 Å². The summed E-state index contributed by atoms with van der Waals surface area (Å²) in [4.78, 5) is 28.4. The molecule has 0 aliphatic heterocycles. The largest absolute Gasteiger partial charge is 0.355 e. The van der Waals surface area contributed by atoms with E-state index in [0.29, 0.717) is 25.3 Å². The fourth-order valence-electron chi connectivity index (χ4n) is 2.53. The maximum Gasteiger partial charge on any atom is 0.240 e. The van der Waals surface area contributed by atoms with Gasteiger partial charge in [-0.1, -0.05) is 32.4 Å². The van der Waals surface area contributed by atoms with Gasteiger partial charge in [0.1, 0.15) is 12.4 Å². The van der Waals surface area contributed by atoms with E-state index in [9.17, 15) is 9.59 Å². The van der Waals surface area contributed by atoms with Gasteiger partial charge in [-0.25, -0.2) is 4.98 Å². The van der Waals surface area contributed by atoms with Gasteiger partial charge in [0.05, 0.1) is 17.6 Å². The monoisotopic (exact) mass is 330 g/mol. The number of fused-ring (bicyclic) bond motifs is 1. The van der Waals surface area contributed by atoms with Crippen molar-refractivity contribution in [2.45, 2.75) is 52.6 Å². The van der Waals surface area contributed by atoms with Crippen molar-refractivity contribution < 1.29 is 9.59 Å². The second-order valence-electron chi connectivity index (χ2n) is 5.83. The molecule has 0 spiro atoms. The number of para-hydroxylation sites is 2. The number of carbonyl (C=O) groups is 2. The molecule has 2 N–H and O–H groups in total. The Hall–Kier alpha value is -2.37. The minimum atomic E-state index is -0.0345. The molecule has 1 aromatic heterocycles. The van der Waals surface area contributed by atoms with E-state index >= 15 is 0 Å². The molecular formula is C18H26N4O2. The fourth-order valence-corrected chi connectivity index (χ4v) is 2.53.